The van der Waals surface area contributed by atoms with Crippen molar-refractivity contribution in [3.8, 4) is 0 Å². The van der Waals surface area contributed by atoms with Gasteiger partial charge in [0.1, 0.15) is 31.1 Å². The maximum absolute atomic E-state index is 13.5. The molecule has 4 aromatic rings. The van der Waals surface area contributed by atoms with Gasteiger partial charge in [-0.2, -0.15) is 13.2 Å². The number of alkyl halides is 3. The van der Waals surface area contributed by atoms with E-state index in [0.29, 0.717) is 60.4 Å². The molecule has 1 amide bonds. The van der Waals surface area contributed by atoms with Crippen LogP contribution in [-0.2, 0) is 12.6 Å². The van der Waals surface area contributed by atoms with Crippen molar-refractivity contribution in [3.63, 3.8) is 0 Å². The van der Waals surface area contributed by atoms with Crippen molar-refractivity contribution in [1.82, 2.24) is 9.97 Å². The average molecular weight is 708 g/mol. The standard InChI is InChI=1S/C17H25N5OS.C14H15F3N4O2S/c1-2-5-10-8-12(22-7-4-3-6-11(22)9-18)21-17-13(10)14(19)15(24-17)16(20)23;15-14(16,17)7-5-8(21-3-1-6(18)2-4-21)20-12-9(7)10(19)11(24-12)13(22)23/h8,11H,2-7,9,18-19H2,1H3,(H2,20,23);5-6H,1-4,18-19H2,(H,22,23). The third-order valence-electron chi connectivity index (χ3n) is 8.75. The van der Waals surface area contributed by atoms with Crippen LogP contribution >= 0.6 is 22.7 Å². The number of carbonyl (C=O) groups excluding carboxylic acids is 1. The lowest BCUT2D eigenvalue weighted by Crippen LogP contribution is -2.44. The van der Waals surface area contributed by atoms with Crippen LogP contribution in [0.15, 0.2) is 12.1 Å². The molecule has 6 heterocycles. The Balaban J connectivity index is 0.000000188. The number of aryl methyl sites for hydroxylation is 1. The Kier molecular flexibility index (Phi) is 10.5. The number of carbonyl (C=O) groups is 2. The molecule has 2 fully saturated rings. The molecular formula is C31H40F3N9O3S2. The molecule has 0 spiro atoms. The van der Waals surface area contributed by atoms with Gasteiger partial charge in [0.25, 0.3) is 5.91 Å². The van der Waals surface area contributed by atoms with E-state index in [9.17, 15) is 22.8 Å². The number of hydrogen-bond donors (Lipinski definition) is 6. The van der Waals surface area contributed by atoms with Crippen molar-refractivity contribution >= 4 is 78.0 Å². The number of thiophene rings is 2. The highest BCUT2D eigenvalue weighted by Crippen LogP contribution is 2.44. The number of aromatic nitrogens is 2. The first-order valence-electron chi connectivity index (χ1n) is 15.8. The van der Waals surface area contributed by atoms with Gasteiger partial charge < -0.3 is 43.6 Å². The van der Waals surface area contributed by atoms with Gasteiger partial charge >= 0.3 is 12.1 Å². The molecular weight excluding hydrogens is 668 g/mol. The number of primary amides is 1. The number of rotatable bonds is 7. The molecule has 1 atom stereocenters. The van der Waals surface area contributed by atoms with Gasteiger partial charge in [-0.1, -0.05) is 13.3 Å². The fraction of sp³-hybridized carbons (Fsp3) is 0.484. The predicted molar refractivity (Wildman–Crippen MR) is 186 cm³/mol. The van der Waals surface area contributed by atoms with Gasteiger partial charge in [0.15, 0.2) is 0 Å². The smallest absolute Gasteiger partial charge is 0.417 e. The van der Waals surface area contributed by atoms with E-state index >= 15 is 0 Å². The Bertz CT molecular complexity index is 1820. The lowest BCUT2D eigenvalue weighted by molar-refractivity contribution is -0.136. The molecule has 48 heavy (non-hydrogen) atoms. The quantitative estimate of drug-likeness (QED) is 0.154. The number of fused-ring (bicyclic) bond motifs is 2. The second-order valence-electron chi connectivity index (χ2n) is 12.0. The lowest BCUT2D eigenvalue weighted by Gasteiger charge is -2.36. The van der Waals surface area contributed by atoms with E-state index in [0.717, 1.165) is 59.9 Å². The topological polar surface area (TPSA) is 217 Å². The fourth-order valence-corrected chi connectivity index (χ4v) is 8.25. The lowest BCUT2D eigenvalue weighted by atomic mass is 10.0. The molecule has 0 saturated carbocycles. The summed E-state index contributed by atoms with van der Waals surface area (Å²) in [5.41, 5.74) is 29.3. The maximum atomic E-state index is 13.5. The molecule has 2 aliphatic rings. The fourth-order valence-electron chi connectivity index (χ4n) is 6.31. The number of nitrogens with two attached hydrogens (primary N) is 5. The van der Waals surface area contributed by atoms with Crippen LogP contribution in [0.1, 0.15) is 75.9 Å². The van der Waals surface area contributed by atoms with Crippen LogP contribution in [-0.4, -0.2) is 65.2 Å². The first-order chi connectivity index (χ1) is 22.7. The van der Waals surface area contributed by atoms with Crippen LogP contribution in [0.2, 0.25) is 0 Å². The SMILES string of the molecule is CCCc1cc(N2CCCCC2CN)nc2sc(C(N)=O)c(N)c12.Nc1c(C(=O)O)sc2nc(N3CCC(N)CC3)cc(C(F)(F)F)c12. The van der Waals surface area contributed by atoms with Gasteiger partial charge in [-0.15, -0.1) is 22.7 Å². The number of carboxylic acids is 1. The monoisotopic (exact) mass is 707 g/mol. The number of carboxylic acid groups (broad SMARTS) is 1. The van der Waals surface area contributed by atoms with E-state index in [1.165, 1.54) is 17.8 Å². The molecule has 2 saturated heterocycles. The number of anilines is 4. The molecule has 1 unspecified atom stereocenters. The van der Waals surface area contributed by atoms with Gasteiger partial charge in [0.05, 0.1) is 16.9 Å². The van der Waals surface area contributed by atoms with Crippen molar-refractivity contribution in [2.75, 3.05) is 47.4 Å². The van der Waals surface area contributed by atoms with Crippen LogP contribution in [0.3, 0.4) is 0 Å². The molecule has 6 rings (SSSR count). The molecule has 17 heteroatoms. The summed E-state index contributed by atoms with van der Waals surface area (Å²) in [5, 5.41) is 9.65. The highest BCUT2D eigenvalue weighted by atomic mass is 32.1. The molecule has 260 valence electrons. The van der Waals surface area contributed by atoms with Gasteiger partial charge in [0, 0.05) is 49.0 Å². The van der Waals surface area contributed by atoms with Gasteiger partial charge in [-0.3, -0.25) is 4.79 Å². The Labute approximate surface area is 283 Å². The van der Waals surface area contributed by atoms with Crippen molar-refractivity contribution < 1.29 is 27.9 Å². The number of nitrogens with zero attached hydrogens (tertiary/aromatic N) is 4. The van der Waals surface area contributed by atoms with E-state index in [2.05, 4.69) is 22.9 Å². The van der Waals surface area contributed by atoms with Gasteiger partial charge in [-0.25, -0.2) is 14.8 Å². The maximum Gasteiger partial charge on any atom is 0.417 e. The predicted octanol–water partition coefficient (Wildman–Crippen LogP) is 4.77. The molecule has 4 aromatic heterocycles. The zero-order chi connectivity index (χ0) is 34.9. The van der Waals surface area contributed by atoms with E-state index in [1.807, 2.05) is 0 Å². The molecule has 0 bridgehead atoms. The minimum atomic E-state index is -4.66. The number of hydrogen-bond acceptors (Lipinski definition) is 12. The summed E-state index contributed by atoms with van der Waals surface area (Å²) in [4.78, 5) is 36.7. The normalized spacial score (nSPS) is 17.5. The van der Waals surface area contributed by atoms with Crippen LogP contribution in [0, 0.1) is 0 Å². The Hall–Kier alpha value is -3.93. The molecule has 0 aliphatic carbocycles. The summed E-state index contributed by atoms with van der Waals surface area (Å²) < 4.78 is 40.4. The van der Waals surface area contributed by atoms with E-state index < -0.39 is 29.3 Å². The summed E-state index contributed by atoms with van der Waals surface area (Å²) in [6.07, 6.45) is 2.01. The summed E-state index contributed by atoms with van der Waals surface area (Å²) >= 11 is 1.94. The van der Waals surface area contributed by atoms with Crippen LogP contribution < -0.4 is 38.5 Å². The summed E-state index contributed by atoms with van der Waals surface area (Å²) in [6.45, 7) is 4.73. The molecule has 12 nitrogen and oxygen atoms in total. The third kappa shape index (κ3) is 7.09. The second kappa shape index (κ2) is 14.3. The van der Waals surface area contributed by atoms with Crippen molar-refractivity contribution in [2.24, 2.45) is 17.2 Å². The minimum Gasteiger partial charge on any atom is -0.477 e. The zero-order valence-electron chi connectivity index (χ0n) is 26.5. The largest absolute Gasteiger partial charge is 0.477 e. The third-order valence-corrected chi connectivity index (χ3v) is 11.0. The Morgan fingerprint density at radius 2 is 1.58 bits per heavy atom. The molecule has 0 radical (unpaired) electrons. The highest BCUT2D eigenvalue weighted by molar-refractivity contribution is 7.21. The van der Waals surface area contributed by atoms with E-state index in [-0.39, 0.29) is 27.0 Å². The van der Waals surface area contributed by atoms with E-state index in [4.69, 9.17) is 38.8 Å². The van der Waals surface area contributed by atoms with Crippen LogP contribution in [0.5, 0.6) is 0 Å². The molecule has 2 aliphatic heterocycles. The van der Waals surface area contributed by atoms with E-state index in [1.54, 1.807) is 4.90 Å². The summed E-state index contributed by atoms with van der Waals surface area (Å²) in [5.74, 6) is -0.746. The Morgan fingerprint density at radius 3 is 2.19 bits per heavy atom. The first-order valence-corrected chi connectivity index (χ1v) is 17.4. The first kappa shape index (κ1) is 35.4. The van der Waals surface area contributed by atoms with Crippen LogP contribution in [0.25, 0.3) is 20.4 Å². The second-order valence-corrected chi connectivity index (χ2v) is 14.0. The molecule has 0 aromatic carbocycles. The number of amides is 1. The molecule has 11 N–H and O–H groups in total. The van der Waals surface area contributed by atoms with Crippen molar-refractivity contribution in [1.29, 1.82) is 0 Å². The van der Waals surface area contributed by atoms with Crippen LogP contribution in [0.4, 0.5) is 36.2 Å². The van der Waals surface area contributed by atoms with Gasteiger partial charge in [0.2, 0.25) is 0 Å². The Morgan fingerprint density at radius 1 is 0.958 bits per heavy atom. The number of aromatic carboxylic acids is 1. The number of nitrogen functional groups attached to an aromatic ring is 2. The van der Waals surface area contributed by atoms with Gasteiger partial charge in [-0.05, 0) is 56.2 Å². The number of piperidine rings is 2. The van der Waals surface area contributed by atoms with Crippen molar-refractivity contribution in [2.45, 2.75) is 70.1 Å². The highest BCUT2D eigenvalue weighted by Gasteiger charge is 2.37. The number of pyridine rings is 2. The number of halogens is 3. The van der Waals surface area contributed by atoms with Crippen molar-refractivity contribution in [3.05, 3.63) is 33.0 Å². The summed E-state index contributed by atoms with van der Waals surface area (Å²) in [7, 11) is 0. The zero-order valence-corrected chi connectivity index (χ0v) is 28.1. The average Bonchev–Trinajstić information content (AvgIpc) is 3.57. The summed E-state index contributed by atoms with van der Waals surface area (Å²) in [6, 6.07) is 3.41. The minimum absolute atomic E-state index is 0.0235.